The molecule has 0 saturated carbocycles. The number of nitrogens with one attached hydrogen (secondary N) is 2. The van der Waals surface area contributed by atoms with Crippen LogP contribution in [-0.2, 0) is 13.0 Å². The van der Waals surface area contributed by atoms with Crippen LogP contribution in [0.15, 0.2) is 48.5 Å². The molecule has 0 aliphatic carbocycles. The third-order valence-electron chi connectivity index (χ3n) is 3.27. The van der Waals surface area contributed by atoms with Crippen LogP contribution in [0.2, 0.25) is 0 Å². The quantitative estimate of drug-likeness (QED) is 0.766. The number of aromatic carboxylic acids is 1. The zero-order valence-electron chi connectivity index (χ0n) is 12.4. The molecule has 23 heavy (non-hydrogen) atoms. The van der Waals surface area contributed by atoms with Crippen molar-refractivity contribution in [2.45, 2.75) is 13.0 Å². The lowest BCUT2D eigenvalue weighted by Crippen LogP contribution is -2.36. The summed E-state index contributed by atoms with van der Waals surface area (Å²) in [6, 6.07) is 12.1. The highest BCUT2D eigenvalue weighted by Gasteiger charge is 2.03. The highest BCUT2D eigenvalue weighted by molar-refractivity contribution is 5.87. The number of carbonyl (C=O) groups is 2. The van der Waals surface area contributed by atoms with Crippen molar-refractivity contribution in [1.29, 1.82) is 0 Å². The number of carboxylic acids is 1. The van der Waals surface area contributed by atoms with E-state index in [-0.39, 0.29) is 17.4 Å². The number of carbonyl (C=O) groups excluding carboxylic acids is 1. The topological polar surface area (TPSA) is 78.4 Å². The molecule has 0 aliphatic heterocycles. The van der Waals surface area contributed by atoms with Crippen molar-refractivity contribution in [2.24, 2.45) is 0 Å². The molecule has 0 radical (unpaired) electrons. The van der Waals surface area contributed by atoms with E-state index in [2.05, 4.69) is 10.6 Å². The molecule has 120 valence electrons. The van der Waals surface area contributed by atoms with Gasteiger partial charge in [0.1, 0.15) is 5.82 Å². The summed E-state index contributed by atoms with van der Waals surface area (Å²) in [4.78, 5) is 22.4. The van der Waals surface area contributed by atoms with Gasteiger partial charge in [-0.05, 0) is 41.8 Å². The van der Waals surface area contributed by atoms with Crippen molar-refractivity contribution >= 4 is 12.0 Å². The van der Waals surface area contributed by atoms with Gasteiger partial charge >= 0.3 is 12.0 Å². The summed E-state index contributed by atoms with van der Waals surface area (Å²) in [6.45, 7) is 0.748. The Morgan fingerprint density at radius 1 is 0.913 bits per heavy atom. The highest BCUT2D eigenvalue weighted by Crippen LogP contribution is 2.04. The molecule has 6 heteroatoms. The first-order valence-electron chi connectivity index (χ1n) is 7.13. The number of amides is 2. The summed E-state index contributed by atoms with van der Waals surface area (Å²) in [5, 5.41) is 14.2. The SMILES string of the molecule is O=C(NCCc1ccc(F)cc1)NCc1ccc(C(=O)O)cc1. The Bertz CT molecular complexity index is 669. The molecule has 0 fully saturated rings. The van der Waals surface area contributed by atoms with Crippen molar-refractivity contribution in [3.05, 3.63) is 71.0 Å². The summed E-state index contributed by atoms with van der Waals surface area (Å²) in [6.07, 6.45) is 0.612. The number of halogens is 1. The van der Waals surface area contributed by atoms with Gasteiger partial charge in [0, 0.05) is 13.1 Å². The Balaban J connectivity index is 1.70. The second-order valence-electron chi connectivity index (χ2n) is 4.99. The fourth-order valence-corrected chi connectivity index (χ4v) is 1.98. The maximum atomic E-state index is 12.8. The van der Waals surface area contributed by atoms with Gasteiger partial charge in [-0.1, -0.05) is 24.3 Å². The molecule has 0 aromatic heterocycles. The summed E-state index contributed by atoms with van der Waals surface area (Å²) in [5.41, 5.74) is 1.96. The van der Waals surface area contributed by atoms with E-state index >= 15 is 0 Å². The van der Waals surface area contributed by atoms with Gasteiger partial charge in [-0.3, -0.25) is 0 Å². The minimum Gasteiger partial charge on any atom is -0.478 e. The normalized spacial score (nSPS) is 10.1. The van der Waals surface area contributed by atoms with E-state index < -0.39 is 5.97 Å². The lowest BCUT2D eigenvalue weighted by atomic mass is 10.1. The van der Waals surface area contributed by atoms with Crippen molar-refractivity contribution in [1.82, 2.24) is 10.6 Å². The Morgan fingerprint density at radius 3 is 2.13 bits per heavy atom. The lowest BCUT2D eigenvalue weighted by molar-refractivity contribution is 0.0697. The molecule has 5 nitrogen and oxygen atoms in total. The van der Waals surface area contributed by atoms with Crippen LogP contribution in [-0.4, -0.2) is 23.7 Å². The molecule has 2 aromatic carbocycles. The third kappa shape index (κ3) is 5.43. The first-order chi connectivity index (χ1) is 11.0. The van der Waals surface area contributed by atoms with Crippen LogP contribution in [0.1, 0.15) is 21.5 Å². The number of urea groups is 1. The number of carboxylic acid groups (broad SMARTS) is 1. The van der Waals surface area contributed by atoms with Crippen LogP contribution in [0.4, 0.5) is 9.18 Å². The first kappa shape index (κ1) is 16.5. The van der Waals surface area contributed by atoms with Crippen molar-refractivity contribution in [3.8, 4) is 0 Å². The Hall–Kier alpha value is -2.89. The van der Waals surface area contributed by atoms with Gasteiger partial charge in [-0.2, -0.15) is 0 Å². The minimum absolute atomic E-state index is 0.206. The second kappa shape index (κ2) is 7.93. The van der Waals surface area contributed by atoms with E-state index in [9.17, 15) is 14.0 Å². The van der Waals surface area contributed by atoms with Gasteiger partial charge in [-0.15, -0.1) is 0 Å². The van der Waals surface area contributed by atoms with Gasteiger partial charge in [0.05, 0.1) is 5.56 Å². The predicted octanol–water partition coefficient (Wildman–Crippen LogP) is 2.57. The van der Waals surface area contributed by atoms with Crippen LogP contribution < -0.4 is 10.6 Å². The van der Waals surface area contributed by atoms with E-state index in [1.807, 2.05) is 0 Å². The van der Waals surface area contributed by atoms with Crippen LogP contribution in [0.3, 0.4) is 0 Å². The van der Waals surface area contributed by atoms with E-state index in [4.69, 9.17) is 5.11 Å². The fourth-order valence-electron chi connectivity index (χ4n) is 1.98. The van der Waals surface area contributed by atoms with Gasteiger partial charge in [-0.25, -0.2) is 14.0 Å². The number of rotatable bonds is 6. The zero-order chi connectivity index (χ0) is 16.7. The van der Waals surface area contributed by atoms with E-state index in [1.165, 1.54) is 24.3 Å². The lowest BCUT2D eigenvalue weighted by Gasteiger charge is -2.08. The summed E-state index contributed by atoms with van der Waals surface area (Å²) < 4.78 is 12.8. The average Bonchev–Trinajstić information content (AvgIpc) is 2.55. The molecule has 2 amide bonds. The molecule has 0 aliphatic rings. The molecular weight excluding hydrogens is 299 g/mol. The molecular formula is C17H17FN2O3. The minimum atomic E-state index is -0.983. The molecule has 0 spiro atoms. The number of benzene rings is 2. The summed E-state index contributed by atoms with van der Waals surface area (Å²) >= 11 is 0. The largest absolute Gasteiger partial charge is 0.478 e. The van der Waals surface area contributed by atoms with Crippen LogP contribution in [0, 0.1) is 5.82 Å². The molecule has 0 atom stereocenters. The fraction of sp³-hybridized carbons (Fsp3) is 0.176. The summed E-state index contributed by atoms with van der Waals surface area (Å²) in [5.74, 6) is -1.27. The Kier molecular flexibility index (Phi) is 5.68. The number of hydrogen-bond donors (Lipinski definition) is 3. The van der Waals surface area contributed by atoms with Crippen molar-refractivity contribution in [2.75, 3.05) is 6.54 Å². The first-order valence-corrected chi connectivity index (χ1v) is 7.13. The summed E-state index contributed by atoms with van der Waals surface area (Å²) in [7, 11) is 0. The molecule has 0 unspecified atom stereocenters. The Labute approximate surface area is 133 Å². The van der Waals surface area contributed by atoms with E-state index in [0.29, 0.717) is 19.5 Å². The van der Waals surface area contributed by atoms with Crippen LogP contribution >= 0.6 is 0 Å². The monoisotopic (exact) mass is 316 g/mol. The molecule has 0 saturated heterocycles. The van der Waals surface area contributed by atoms with Crippen molar-refractivity contribution in [3.63, 3.8) is 0 Å². The van der Waals surface area contributed by atoms with E-state index in [0.717, 1.165) is 11.1 Å². The average molecular weight is 316 g/mol. The molecule has 2 aromatic rings. The van der Waals surface area contributed by atoms with Gasteiger partial charge in [0.2, 0.25) is 0 Å². The van der Waals surface area contributed by atoms with Crippen LogP contribution in [0.5, 0.6) is 0 Å². The van der Waals surface area contributed by atoms with Crippen molar-refractivity contribution < 1.29 is 19.1 Å². The Morgan fingerprint density at radius 2 is 1.52 bits per heavy atom. The maximum Gasteiger partial charge on any atom is 0.335 e. The molecule has 2 rings (SSSR count). The van der Waals surface area contributed by atoms with E-state index in [1.54, 1.807) is 24.3 Å². The maximum absolute atomic E-state index is 12.8. The molecule has 3 N–H and O–H groups in total. The van der Waals surface area contributed by atoms with Gasteiger partial charge in [0.15, 0.2) is 0 Å². The van der Waals surface area contributed by atoms with Gasteiger partial charge < -0.3 is 15.7 Å². The molecule has 0 bridgehead atoms. The number of hydrogen-bond acceptors (Lipinski definition) is 2. The van der Waals surface area contributed by atoms with Gasteiger partial charge in [0.25, 0.3) is 0 Å². The smallest absolute Gasteiger partial charge is 0.335 e. The third-order valence-corrected chi connectivity index (χ3v) is 3.27. The zero-order valence-corrected chi connectivity index (χ0v) is 12.4. The highest BCUT2D eigenvalue weighted by atomic mass is 19.1. The second-order valence-corrected chi connectivity index (χ2v) is 4.99. The predicted molar refractivity (Wildman–Crippen MR) is 83.7 cm³/mol. The standard InChI is InChI=1S/C17H17FN2O3/c18-15-7-3-12(4-8-15)9-10-19-17(23)20-11-13-1-5-14(6-2-13)16(21)22/h1-8H,9-11H2,(H,21,22)(H2,19,20,23). The van der Waals surface area contributed by atoms with Crippen LogP contribution in [0.25, 0.3) is 0 Å². The molecule has 0 heterocycles.